The van der Waals surface area contributed by atoms with Crippen molar-refractivity contribution in [2.24, 2.45) is 11.5 Å². The van der Waals surface area contributed by atoms with E-state index in [0.717, 1.165) is 0 Å². The SMILES string of the molecule is COc1ccc2cc1Oc1ccc(cc1)C[C@@H](C(=O)O)NC(=O)[C@@H](CC(N)=O)NC(=O)[C@H](N)C2. The molecule has 0 saturated carbocycles. The van der Waals surface area contributed by atoms with Gasteiger partial charge in [-0.25, -0.2) is 4.79 Å². The van der Waals surface area contributed by atoms with Crippen molar-refractivity contribution < 1.29 is 33.8 Å². The topological polar surface area (TPSA) is 183 Å². The van der Waals surface area contributed by atoms with Gasteiger partial charge in [-0.2, -0.15) is 0 Å². The molecular formula is C23H26N4O7. The van der Waals surface area contributed by atoms with Gasteiger partial charge in [0.15, 0.2) is 11.5 Å². The van der Waals surface area contributed by atoms with Gasteiger partial charge in [-0.15, -0.1) is 0 Å². The predicted molar refractivity (Wildman–Crippen MR) is 120 cm³/mol. The number of carboxylic acid groups (broad SMARTS) is 1. The average molecular weight is 470 g/mol. The van der Waals surface area contributed by atoms with E-state index in [4.69, 9.17) is 20.9 Å². The summed E-state index contributed by atoms with van der Waals surface area (Å²) in [5.41, 5.74) is 12.5. The Morgan fingerprint density at radius 1 is 1.06 bits per heavy atom. The Morgan fingerprint density at radius 3 is 2.35 bits per heavy atom. The minimum absolute atomic E-state index is 0.0447. The molecule has 2 heterocycles. The van der Waals surface area contributed by atoms with Crippen LogP contribution in [-0.4, -0.2) is 54.0 Å². The highest BCUT2D eigenvalue weighted by Gasteiger charge is 2.29. The lowest BCUT2D eigenvalue weighted by molar-refractivity contribution is -0.142. The monoisotopic (exact) mass is 470 g/mol. The van der Waals surface area contributed by atoms with Crippen LogP contribution in [0.1, 0.15) is 17.5 Å². The van der Waals surface area contributed by atoms with Crippen LogP contribution >= 0.6 is 0 Å². The standard InChI is InChI=1S/C23H26N4O7/c1-33-18-7-4-13-8-15(24)21(29)26-16(11-20(25)28)22(30)27-17(23(31)32)9-12-2-5-14(6-3-12)34-19(18)10-13/h2-7,10,15-17H,8-9,11,24H2,1H3,(H2,25,28)(H,26,29)(H,27,30)(H,31,32)/t15-,16-,17+/m1/s1. The molecule has 0 aromatic heterocycles. The van der Waals surface area contributed by atoms with Crippen LogP contribution < -0.4 is 31.6 Å². The lowest BCUT2D eigenvalue weighted by atomic mass is 10.0. The number of ether oxygens (including phenoxy) is 2. The number of benzene rings is 2. The zero-order chi connectivity index (χ0) is 24.8. The highest BCUT2D eigenvalue weighted by Crippen LogP contribution is 2.33. The second kappa shape index (κ2) is 10.7. The predicted octanol–water partition coefficient (Wildman–Crippen LogP) is -0.157. The maximum atomic E-state index is 12.8. The van der Waals surface area contributed by atoms with Gasteiger partial charge in [-0.1, -0.05) is 18.2 Å². The van der Waals surface area contributed by atoms with Crippen molar-refractivity contribution in [3.63, 3.8) is 0 Å². The summed E-state index contributed by atoms with van der Waals surface area (Å²) in [6.45, 7) is 0. The van der Waals surface area contributed by atoms with E-state index < -0.39 is 48.2 Å². The summed E-state index contributed by atoms with van der Waals surface area (Å²) in [6, 6.07) is 7.98. The van der Waals surface area contributed by atoms with Crippen molar-refractivity contribution >= 4 is 23.7 Å². The number of aliphatic carboxylic acids is 1. The van der Waals surface area contributed by atoms with Crippen LogP contribution in [0.4, 0.5) is 0 Å². The molecule has 4 rings (SSSR count). The van der Waals surface area contributed by atoms with Crippen LogP contribution in [0.15, 0.2) is 42.5 Å². The van der Waals surface area contributed by atoms with Crippen LogP contribution in [0.2, 0.25) is 0 Å². The van der Waals surface area contributed by atoms with Gasteiger partial charge in [0, 0.05) is 6.42 Å². The first-order valence-corrected chi connectivity index (χ1v) is 10.5. The third-order valence-corrected chi connectivity index (χ3v) is 5.26. The number of primary amides is 1. The van der Waals surface area contributed by atoms with E-state index >= 15 is 0 Å². The summed E-state index contributed by atoms with van der Waals surface area (Å²) in [6.07, 6.45) is -0.476. The number of fused-ring (bicyclic) bond motifs is 10. The number of hydrogen-bond acceptors (Lipinski definition) is 7. The Morgan fingerprint density at radius 2 is 1.74 bits per heavy atom. The van der Waals surface area contributed by atoms with Gasteiger partial charge in [0.1, 0.15) is 17.8 Å². The summed E-state index contributed by atoms with van der Waals surface area (Å²) in [7, 11) is 1.49. The van der Waals surface area contributed by atoms with Crippen molar-refractivity contribution in [1.82, 2.24) is 10.6 Å². The molecule has 2 aliphatic rings. The van der Waals surface area contributed by atoms with Gasteiger partial charge in [0.2, 0.25) is 17.7 Å². The summed E-state index contributed by atoms with van der Waals surface area (Å²) in [5.74, 6) is -2.36. The van der Waals surface area contributed by atoms with Gasteiger partial charge in [-0.3, -0.25) is 14.4 Å². The van der Waals surface area contributed by atoms with Crippen LogP contribution in [-0.2, 0) is 32.0 Å². The number of methoxy groups -OCH3 is 1. The van der Waals surface area contributed by atoms with E-state index in [1.807, 2.05) is 0 Å². The molecule has 0 aliphatic carbocycles. The third kappa shape index (κ3) is 6.23. The number of hydrogen-bond donors (Lipinski definition) is 5. The zero-order valence-corrected chi connectivity index (χ0v) is 18.4. The summed E-state index contributed by atoms with van der Waals surface area (Å²) in [5, 5.41) is 14.3. The van der Waals surface area contributed by atoms with Crippen molar-refractivity contribution in [1.29, 1.82) is 0 Å². The number of nitrogens with two attached hydrogens (primary N) is 2. The Balaban J connectivity index is 2.01. The van der Waals surface area contributed by atoms with Crippen LogP contribution in [0, 0.1) is 0 Å². The van der Waals surface area contributed by atoms with Crippen LogP contribution in [0.25, 0.3) is 0 Å². The average Bonchev–Trinajstić information content (AvgIpc) is 2.78. The molecule has 4 bridgehead atoms. The Kier molecular flexibility index (Phi) is 7.69. The number of carboxylic acids is 1. The third-order valence-electron chi connectivity index (χ3n) is 5.26. The first kappa shape index (κ1) is 24.5. The Bertz CT molecular complexity index is 1090. The number of carbonyl (C=O) groups excluding carboxylic acids is 3. The van der Waals surface area contributed by atoms with E-state index in [-0.39, 0.29) is 12.8 Å². The molecule has 3 atom stereocenters. The number of amides is 3. The van der Waals surface area contributed by atoms with E-state index in [0.29, 0.717) is 28.4 Å². The molecule has 0 fully saturated rings. The second-order valence-corrected chi connectivity index (χ2v) is 7.88. The van der Waals surface area contributed by atoms with Gasteiger partial charge in [0.05, 0.1) is 19.6 Å². The van der Waals surface area contributed by atoms with E-state index in [9.17, 15) is 24.3 Å². The smallest absolute Gasteiger partial charge is 0.326 e. The molecule has 0 spiro atoms. The highest BCUT2D eigenvalue weighted by molar-refractivity contribution is 5.94. The molecule has 180 valence electrons. The lowest BCUT2D eigenvalue weighted by Crippen LogP contribution is -2.56. The van der Waals surface area contributed by atoms with Crippen molar-refractivity contribution in [3.8, 4) is 17.2 Å². The van der Waals surface area contributed by atoms with Crippen LogP contribution in [0.5, 0.6) is 17.2 Å². The fourth-order valence-electron chi connectivity index (χ4n) is 3.49. The Labute approximate surface area is 195 Å². The normalized spacial score (nSPS) is 20.9. The number of rotatable bonds is 4. The first-order chi connectivity index (χ1) is 16.2. The van der Waals surface area contributed by atoms with Gasteiger partial charge in [-0.05, 0) is 41.8 Å². The molecule has 11 nitrogen and oxygen atoms in total. The van der Waals surface area contributed by atoms with Gasteiger partial charge in [0.25, 0.3) is 0 Å². The zero-order valence-electron chi connectivity index (χ0n) is 18.4. The molecule has 2 aromatic rings. The number of carbonyl (C=O) groups is 4. The van der Waals surface area contributed by atoms with Crippen molar-refractivity contribution in [2.45, 2.75) is 37.4 Å². The molecule has 0 unspecified atom stereocenters. The maximum absolute atomic E-state index is 12.8. The molecular weight excluding hydrogens is 444 g/mol. The summed E-state index contributed by atoms with van der Waals surface area (Å²) < 4.78 is 11.3. The molecule has 0 saturated heterocycles. The minimum atomic E-state index is -1.38. The molecule has 2 aliphatic heterocycles. The fourth-order valence-corrected chi connectivity index (χ4v) is 3.49. The lowest BCUT2D eigenvalue weighted by Gasteiger charge is -2.22. The second-order valence-electron chi connectivity index (χ2n) is 7.88. The Hall–Kier alpha value is -4.12. The molecule has 0 radical (unpaired) electrons. The number of nitrogens with one attached hydrogen (secondary N) is 2. The fraction of sp³-hybridized carbons (Fsp3) is 0.304. The largest absolute Gasteiger partial charge is 0.493 e. The maximum Gasteiger partial charge on any atom is 0.326 e. The highest BCUT2D eigenvalue weighted by atomic mass is 16.5. The van der Waals surface area contributed by atoms with Gasteiger partial charge < -0.3 is 36.7 Å². The van der Waals surface area contributed by atoms with Gasteiger partial charge >= 0.3 is 5.97 Å². The molecule has 11 heteroatoms. The molecule has 7 N–H and O–H groups in total. The molecule has 2 aromatic carbocycles. The minimum Gasteiger partial charge on any atom is -0.493 e. The molecule has 3 amide bonds. The van der Waals surface area contributed by atoms with E-state index in [2.05, 4.69) is 10.6 Å². The first-order valence-electron chi connectivity index (χ1n) is 10.5. The molecule has 34 heavy (non-hydrogen) atoms. The van der Waals surface area contributed by atoms with E-state index in [1.165, 1.54) is 7.11 Å². The van der Waals surface area contributed by atoms with Crippen molar-refractivity contribution in [2.75, 3.05) is 7.11 Å². The summed E-state index contributed by atoms with van der Waals surface area (Å²) in [4.78, 5) is 48.7. The quantitative estimate of drug-likeness (QED) is 0.408. The van der Waals surface area contributed by atoms with E-state index in [1.54, 1.807) is 42.5 Å². The summed E-state index contributed by atoms with van der Waals surface area (Å²) >= 11 is 0. The van der Waals surface area contributed by atoms with Crippen molar-refractivity contribution in [3.05, 3.63) is 53.6 Å². The van der Waals surface area contributed by atoms with Crippen LogP contribution in [0.3, 0.4) is 0 Å².